The van der Waals surface area contributed by atoms with Crippen LogP contribution in [-0.2, 0) is 0 Å². The van der Waals surface area contributed by atoms with E-state index in [9.17, 15) is 9.90 Å². The van der Waals surface area contributed by atoms with E-state index < -0.39 is 0 Å². The Morgan fingerprint density at radius 2 is 2.08 bits per heavy atom. The molecule has 2 aromatic heterocycles. The van der Waals surface area contributed by atoms with Crippen molar-refractivity contribution in [1.29, 1.82) is 0 Å². The van der Waals surface area contributed by atoms with Crippen LogP contribution in [0, 0.1) is 0 Å². The lowest BCUT2D eigenvalue weighted by molar-refractivity contribution is 0.0744. The Hall–Kier alpha value is -3.02. The molecule has 2 N–H and O–H groups in total. The van der Waals surface area contributed by atoms with Crippen LogP contribution >= 0.6 is 0 Å². The quantitative estimate of drug-likeness (QED) is 0.771. The maximum atomic E-state index is 12.8. The van der Waals surface area contributed by atoms with Gasteiger partial charge in [-0.15, -0.1) is 0 Å². The number of phenolic OH excluding ortho intramolecular Hbond substituents is 1. The van der Waals surface area contributed by atoms with E-state index >= 15 is 0 Å². The molecule has 24 heavy (non-hydrogen) atoms. The SMILES string of the molecule is CCCN1C(=O)c2n[nH]c(-c3ccco3)c2[C@H]1c1ccc(O)cc1. The molecule has 4 rings (SSSR count). The summed E-state index contributed by atoms with van der Waals surface area (Å²) in [6.07, 6.45) is 2.45. The minimum atomic E-state index is -0.244. The number of aromatic amines is 1. The normalized spacial score (nSPS) is 16.6. The van der Waals surface area contributed by atoms with Crippen LogP contribution in [-0.4, -0.2) is 32.7 Å². The minimum Gasteiger partial charge on any atom is -0.508 e. The molecule has 0 radical (unpaired) electrons. The second-order valence-corrected chi connectivity index (χ2v) is 5.83. The molecule has 1 aromatic carbocycles. The van der Waals surface area contributed by atoms with Gasteiger partial charge < -0.3 is 14.4 Å². The lowest BCUT2D eigenvalue weighted by Crippen LogP contribution is -2.30. The van der Waals surface area contributed by atoms with Gasteiger partial charge in [0.2, 0.25) is 0 Å². The first-order valence-electron chi connectivity index (χ1n) is 7.92. The van der Waals surface area contributed by atoms with Crippen LogP contribution in [0.5, 0.6) is 5.75 Å². The second-order valence-electron chi connectivity index (χ2n) is 5.83. The zero-order valence-corrected chi connectivity index (χ0v) is 13.2. The minimum absolute atomic E-state index is 0.0843. The number of carbonyl (C=O) groups excluding carboxylic acids is 1. The first-order chi connectivity index (χ1) is 11.7. The largest absolute Gasteiger partial charge is 0.508 e. The number of hydrogen-bond acceptors (Lipinski definition) is 4. The molecule has 1 aliphatic rings. The topological polar surface area (TPSA) is 82.4 Å². The second kappa shape index (κ2) is 5.56. The van der Waals surface area contributed by atoms with Gasteiger partial charge in [0.25, 0.3) is 5.91 Å². The molecule has 0 fully saturated rings. The van der Waals surface area contributed by atoms with E-state index in [0.717, 1.165) is 23.2 Å². The molecule has 1 atom stereocenters. The highest BCUT2D eigenvalue weighted by Crippen LogP contribution is 2.43. The van der Waals surface area contributed by atoms with Gasteiger partial charge in [0.1, 0.15) is 11.4 Å². The molecule has 0 aliphatic carbocycles. The Morgan fingerprint density at radius 1 is 1.29 bits per heavy atom. The van der Waals surface area contributed by atoms with E-state index in [1.165, 1.54) is 0 Å². The number of nitrogens with one attached hydrogen (secondary N) is 1. The Kier molecular flexibility index (Phi) is 3.37. The third kappa shape index (κ3) is 2.11. The van der Waals surface area contributed by atoms with Crippen molar-refractivity contribution < 1.29 is 14.3 Å². The van der Waals surface area contributed by atoms with E-state index in [1.807, 2.05) is 30.0 Å². The number of hydrogen-bond donors (Lipinski definition) is 2. The summed E-state index contributed by atoms with van der Waals surface area (Å²) in [4.78, 5) is 14.6. The molecule has 3 aromatic rings. The zero-order chi connectivity index (χ0) is 16.7. The summed E-state index contributed by atoms with van der Waals surface area (Å²) >= 11 is 0. The van der Waals surface area contributed by atoms with Gasteiger partial charge >= 0.3 is 0 Å². The number of amides is 1. The summed E-state index contributed by atoms with van der Waals surface area (Å²) in [6, 6.07) is 10.3. The monoisotopic (exact) mass is 323 g/mol. The van der Waals surface area contributed by atoms with Crippen molar-refractivity contribution in [2.45, 2.75) is 19.4 Å². The average Bonchev–Trinajstić information content (AvgIpc) is 3.28. The fourth-order valence-electron chi connectivity index (χ4n) is 3.27. The third-order valence-electron chi connectivity index (χ3n) is 4.29. The van der Waals surface area contributed by atoms with Gasteiger partial charge in [0, 0.05) is 12.1 Å². The fourth-order valence-corrected chi connectivity index (χ4v) is 3.27. The first-order valence-corrected chi connectivity index (χ1v) is 7.92. The molecule has 6 heteroatoms. The summed E-state index contributed by atoms with van der Waals surface area (Å²) in [5.41, 5.74) is 2.92. The summed E-state index contributed by atoms with van der Waals surface area (Å²) in [5, 5.41) is 16.7. The highest BCUT2D eigenvalue weighted by Gasteiger charge is 2.42. The highest BCUT2D eigenvalue weighted by atomic mass is 16.3. The lowest BCUT2D eigenvalue weighted by atomic mass is 9.98. The molecule has 0 bridgehead atoms. The predicted octanol–water partition coefficient (Wildman–Crippen LogP) is 3.33. The molecule has 0 saturated carbocycles. The third-order valence-corrected chi connectivity index (χ3v) is 4.29. The molecule has 1 amide bonds. The van der Waals surface area contributed by atoms with Crippen molar-refractivity contribution in [3.05, 3.63) is 59.5 Å². The molecule has 3 heterocycles. The lowest BCUT2D eigenvalue weighted by Gasteiger charge is -2.25. The van der Waals surface area contributed by atoms with Gasteiger partial charge in [-0.3, -0.25) is 9.89 Å². The highest BCUT2D eigenvalue weighted by molar-refractivity contribution is 5.99. The van der Waals surface area contributed by atoms with Crippen molar-refractivity contribution in [1.82, 2.24) is 15.1 Å². The molecule has 0 saturated heterocycles. The number of rotatable bonds is 4. The van der Waals surface area contributed by atoms with Crippen LogP contribution in [0.4, 0.5) is 0 Å². The number of carbonyl (C=O) groups is 1. The zero-order valence-electron chi connectivity index (χ0n) is 13.2. The van der Waals surface area contributed by atoms with E-state index in [2.05, 4.69) is 10.2 Å². The van der Waals surface area contributed by atoms with Gasteiger partial charge in [-0.05, 0) is 36.2 Å². The summed E-state index contributed by atoms with van der Waals surface area (Å²) < 4.78 is 5.50. The Balaban J connectivity index is 1.89. The summed E-state index contributed by atoms with van der Waals surface area (Å²) in [6.45, 7) is 2.68. The van der Waals surface area contributed by atoms with Crippen LogP contribution in [0.25, 0.3) is 11.5 Å². The van der Waals surface area contributed by atoms with Crippen molar-refractivity contribution >= 4 is 5.91 Å². The summed E-state index contributed by atoms with van der Waals surface area (Å²) in [5.74, 6) is 0.765. The van der Waals surface area contributed by atoms with Gasteiger partial charge in [-0.2, -0.15) is 5.10 Å². The Labute approximate surface area is 138 Å². The molecule has 0 unspecified atom stereocenters. The number of phenols is 1. The number of fused-ring (bicyclic) bond motifs is 1. The van der Waals surface area contributed by atoms with Crippen molar-refractivity contribution in [2.24, 2.45) is 0 Å². The molecular weight excluding hydrogens is 306 g/mol. The van der Waals surface area contributed by atoms with Crippen molar-refractivity contribution in [2.75, 3.05) is 6.54 Å². The summed E-state index contributed by atoms with van der Waals surface area (Å²) in [7, 11) is 0. The Bertz CT molecular complexity index is 866. The number of aromatic nitrogens is 2. The van der Waals surface area contributed by atoms with Crippen molar-refractivity contribution in [3.63, 3.8) is 0 Å². The van der Waals surface area contributed by atoms with Crippen LogP contribution in [0.3, 0.4) is 0 Å². The standard InChI is InChI=1S/C18H17N3O3/c1-2-9-21-17(11-5-7-12(22)8-6-11)14-15(13-4-3-10-24-13)19-20-16(14)18(21)23/h3-8,10,17,22H,2,9H2,1H3,(H,19,20)/t17-/m1/s1. The van der Waals surface area contributed by atoms with E-state index in [4.69, 9.17) is 4.42 Å². The number of aromatic hydroxyl groups is 1. The van der Waals surface area contributed by atoms with E-state index in [0.29, 0.717) is 18.0 Å². The molecular formula is C18H17N3O3. The van der Waals surface area contributed by atoms with E-state index in [1.54, 1.807) is 24.5 Å². The fraction of sp³-hybridized carbons (Fsp3) is 0.222. The smallest absolute Gasteiger partial charge is 0.275 e. The first kappa shape index (κ1) is 14.6. The Morgan fingerprint density at radius 3 is 2.75 bits per heavy atom. The van der Waals surface area contributed by atoms with Gasteiger partial charge in [-0.1, -0.05) is 19.1 Å². The van der Waals surface area contributed by atoms with E-state index in [-0.39, 0.29) is 17.7 Å². The van der Waals surface area contributed by atoms with Gasteiger partial charge in [0.15, 0.2) is 11.5 Å². The van der Waals surface area contributed by atoms with Crippen LogP contribution in [0.15, 0.2) is 47.1 Å². The van der Waals surface area contributed by atoms with Gasteiger partial charge in [0.05, 0.1) is 12.3 Å². The van der Waals surface area contributed by atoms with Crippen LogP contribution < -0.4 is 0 Å². The molecule has 6 nitrogen and oxygen atoms in total. The van der Waals surface area contributed by atoms with Crippen LogP contribution in [0.1, 0.15) is 41.0 Å². The molecule has 1 aliphatic heterocycles. The van der Waals surface area contributed by atoms with Crippen LogP contribution in [0.2, 0.25) is 0 Å². The number of benzene rings is 1. The van der Waals surface area contributed by atoms with Crippen molar-refractivity contribution in [3.8, 4) is 17.2 Å². The molecule has 0 spiro atoms. The maximum absolute atomic E-state index is 12.8. The number of nitrogens with zero attached hydrogens (tertiary/aromatic N) is 2. The number of H-pyrrole nitrogens is 1. The predicted molar refractivity (Wildman–Crippen MR) is 87.6 cm³/mol. The average molecular weight is 323 g/mol. The van der Waals surface area contributed by atoms with Gasteiger partial charge in [-0.25, -0.2) is 0 Å². The maximum Gasteiger partial charge on any atom is 0.275 e. The number of furan rings is 1. The molecule has 122 valence electrons.